The van der Waals surface area contributed by atoms with Crippen molar-refractivity contribution in [2.45, 2.75) is 6.92 Å². The van der Waals surface area contributed by atoms with E-state index < -0.39 is 28.8 Å². The van der Waals surface area contributed by atoms with Gasteiger partial charge >= 0.3 is 109 Å². The number of carboxylic acids is 2. The number of carboxylic acid groups (broad SMARTS) is 2. The van der Waals surface area contributed by atoms with Crippen LogP contribution in [0.4, 0.5) is 0 Å². The monoisotopic (exact) mass is 302 g/mol. The molecule has 0 spiro atoms. The molecule has 0 heterocycles. The summed E-state index contributed by atoms with van der Waals surface area (Å²) in [5.41, 5.74) is -1.22. The van der Waals surface area contributed by atoms with Gasteiger partial charge in [-0.05, 0) is 18.6 Å². The maximum atomic E-state index is 11.6. The number of benzene rings is 1. The number of methoxy groups -OCH3 is 1. The molecular formula is C10H8K2O6. The minimum Gasteiger partial charge on any atom is -0.871 e. The van der Waals surface area contributed by atoms with E-state index in [1.165, 1.54) is 20.1 Å². The smallest absolute Gasteiger partial charge is 0.871 e. The summed E-state index contributed by atoms with van der Waals surface area (Å²) in [6.07, 6.45) is 0. The van der Waals surface area contributed by atoms with Crippen LogP contribution < -0.4 is 118 Å². The molecule has 6 nitrogen and oxygen atoms in total. The van der Waals surface area contributed by atoms with E-state index in [0.29, 0.717) is 0 Å². The molecule has 0 amide bonds. The number of ether oxygens (including phenoxy) is 1. The molecule has 86 valence electrons. The van der Waals surface area contributed by atoms with E-state index in [1.54, 1.807) is 0 Å². The predicted octanol–water partition coefficient (Wildman–Crippen LogP) is -6.85. The minimum atomic E-state index is -1.76. The molecule has 0 radical (unpaired) electrons. The molecule has 0 aliphatic carbocycles. The third-order valence-electron chi connectivity index (χ3n) is 2.08. The fourth-order valence-electron chi connectivity index (χ4n) is 1.38. The van der Waals surface area contributed by atoms with E-state index >= 15 is 0 Å². The van der Waals surface area contributed by atoms with Crippen LogP contribution in [0.2, 0.25) is 0 Å². The zero-order valence-electron chi connectivity index (χ0n) is 10.6. The molecule has 0 saturated heterocycles. The Morgan fingerprint density at radius 1 is 1.28 bits per heavy atom. The van der Waals surface area contributed by atoms with Crippen molar-refractivity contribution in [3.05, 3.63) is 22.8 Å². The Morgan fingerprint density at radius 3 is 2.11 bits per heavy atom. The van der Waals surface area contributed by atoms with Crippen molar-refractivity contribution >= 4 is 11.9 Å². The van der Waals surface area contributed by atoms with Crippen LogP contribution >= 0.6 is 0 Å². The number of hydrogen-bond donors (Lipinski definition) is 1. The first-order valence-corrected chi connectivity index (χ1v) is 4.23. The van der Waals surface area contributed by atoms with Gasteiger partial charge in [-0.2, -0.15) is 0 Å². The van der Waals surface area contributed by atoms with Gasteiger partial charge in [0.15, 0.2) is 0 Å². The van der Waals surface area contributed by atoms with Gasteiger partial charge in [0.1, 0.15) is 5.75 Å². The van der Waals surface area contributed by atoms with Crippen molar-refractivity contribution in [3.63, 3.8) is 0 Å². The van der Waals surface area contributed by atoms with Crippen molar-refractivity contribution < 1.29 is 132 Å². The third-order valence-corrected chi connectivity index (χ3v) is 2.08. The molecule has 0 aromatic heterocycles. The van der Waals surface area contributed by atoms with Gasteiger partial charge in [0.05, 0.1) is 18.6 Å². The Morgan fingerprint density at radius 2 is 1.78 bits per heavy atom. The molecular weight excluding hydrogens is 294 g/mol. The number of carbonyl (C=O) groups excluding carboxylic acids is 1. The number of aryl methyl sites for hydroxylation is 1. The van der Waals surface area contributed by atoms with E-state index in [1.807, 2.05) is 0 Å². The Kier molecular flexibility index (Phi) is 10.7. The molecule has 1 aromatic rings. The van der Waals surface area contributed by atoms with Crippen LogP contribution in [0.3, 0.4) is 0 Å². The first kappa shape index (κ1) is 21.3. The molecule has 1 aromatic carbocycles. The van der Waals surface area contributed by atoms with Crippen LogP contribution in [0.25, 0.3) is 0 Å². The predicted molar refractivity (Wildman–Crippen MR) is 48.5 cm³/mol. The summed E-state index contributed by atoms with van der Waals surface area (Å²) in [4.78, 5) is 21.5. The van der Waals surface area contributed by atoms with Crippen molar-refractivity contribution in [3.8, 4) is 11.5 Å². The summed E-state index contributed by atoms with van der Waals surface area (Å²) < 4.78 is 4.69. The fourth-order valence-corrected chi connectivity index (χ4v) is 1.38. The average Bonchev–Trinajstić information content (AvgIpc) is 2.14. The first-order valence-electron chi connectivity index (χ1n) is 4.23. The van der Waals surface area contributed by atoms with Gasteiger partial charge in [-0.15, -0.1) is 0 Å². The number of hydrogen-bond acceptors (Lipinski definition) is 5. The van der Waals surface area contributed by atoms with E-state index in [0.717, 1.165) is 0 Å². The van der Waals surface area contributed by atoms with Gasteiger partial charge in [-0.25, -0.2) is 4.79 Å². The normalized spacial score (nSPS) is 8.78. The Hall–Kier alpha value is 1.03. The Labute approximate surface area is 189 Å². The summed E-state index contributed by atoms with van der Waals surface area (Å²) in [6, 6.07) is 1.18. The third kappa shape index (κ3) is 4.55. The van der Waals surface area contributed by atoms with E-state index in [-0.39, 0.29) is 114 Å². The molecule has 0 saturated carbocycles. The van der Waals surface area contributed by atoms with E-state index in [4.69, 9.17) is 5.11 Å². The number of aromatic carboxylic acids is 2. The van der Waals surface area contributed by atoms with Crippen molar-refractivity contribution in [2.24, 2.45) is 0 Å². The topological polar surface area (TPSA) is 110 Å². The van der Waals surface area contributed by atoms with Gasteiger partial charge in [-0.1, -0.05) is 5.75 Å². The number of rotatable bonds is 3. The quantitative estimate of drug-likeness (QED) is 0.556. The zero-order valence-corrected chi connectivity index (χ0v) is 16.8. The largest absolute Gasteiger partial charge is 1.00 e. The van der Waals surface area contributed by atoms with Crippen LogP contribution in [0, 0.1) is 6.92 Å². The molecule has 1 N–H and O–H groups in total. The number of carbonyl (C=O) groups is 2. The second-order valence-electron chi connectivity index (χ2n) is 3.07. The maximum absolute atomic E-state index is 11.6. The van der Waals surface area contributed by atoms with Crippen LogP contribution in [-0.4, -0.2) is 24.2 Å². The summed E-state index contributed by atoms with van der Waals surface area (Å²) in [7, 11) is 1.18. The van der Waals surface area contributed by atoms with Gasteiger partial charge in [0, 0.05) is 5.56 Å². The van der Waals surface area contributed by atoms with Gasteiger partial charge < -0.3 is 24.9 Å². The molecule has 0 unspecified atom stereocenters. The van der Waals surface area contributed by atoms with Crippen molar-refractivity contribution in [1.82, 2.24) is 0 Å². The summed E-state index contributed by atoms with van der Waals surface area (Å²) in [5.74, 6) is -4.55. The minimum absolute atomic E-state index is 0. The van der Waals surface area contributed by atoms with Gasteiger partial charge in [0.2, 0.25) is 0 Å². The molecule has 0 aliphatic heterocycles. The van der Waals surface area contributed by atoms with Crippen LogP contribution in [0.5, 0.6) is 11.5 Å². The van der Waals surface area contributed by atoms with Crippen LogP contribution in [0.1, 0.15) is 26.3 Å². The van der Waals surface area contributed by atoms with E-state index in [9.17, 15) is 19.8 Å². The summed E-state index contributed by atoms with van der Waals surface area (Å²) in [5, 5.41) is 31.0. The second-order valence-corrected chi connectivity index (χ2v) is 3.07. The summed E-state index contributed by atoms with van der Waals surface area (Å²) in [6.45, 7) is 1.38. The average molecular weight is 302 g/mol. The van der Waals surface area contributed by atoms with Crippen molar-refractivity contribution in [1.29, 1.82) is 0 Å². The molecule has 0 aliphatic rings. The molecule has 8 heteroatoms. The first-order chi connectivity index (χ1) is 7.40. The molecule has 1 rings (SSSR count). The maximum Gasteiger partial charge on any atom is 1.00 e. The van der Waals surface area contributed by atoms with Gasteiger partial charge in [-0.3, -0.25) is 0 Å². The van der Waals surface area contributed by atoms with E-state index in [2.05, 4.69) is 4.74 Å². The second kappa shape index (κ2) is 9.06. The Bertz CT molecular complexity index is 472. The van der Waals surface area contributed by atoms with Gasteiger partial charge in [0.25, 0.3) is 0 Å². The molecule has 0 fully saturated rings. The Balaban J connectivity index is 0. The molecule has 18 heavy (non-hydrogen) atoms. The van der Waals surface area contributed by atoms with Crippen LogP contribution in [-0.2, 0) is 0 Å². The molecule has 0 atom stereocenters. The fraction of sp³-hybridized carbons (Fsp3) is 0.200. The SMILES string of the molecule is COc1cc(C)c(C(=O)O)c([O-])c1C(=O)[O-].[K+].[K+]. The zero-order chi connectivity index (χ0) is 12.5. The molecule has 0 bridgehead atoms. The van der Waals surface area contributed by atoms with Crippen molar-refractivity contribution in [2.75, 3.05) is 7.11 Å². The standard InChI is InChI=1S/C10H10O6.2K/c1-4-3-5(16-2)7(10(14)15)8(11)6(4)9(12)13;;/h3,11H,1-2H3,(H,12,13)(H,14,15);;/q;2*+1/p-2. The summed E-state index contributed by atoms with van der Waals surface area (Å²) >= 11 is 0. The van der Waals surface area contributed by atoms with Crippen LogP contribution in [0.15, 0.2) is 6.07 Å².